The van der Waals surface area contributed by atoms with Crippen LogP contribution >= 0.6 is 35.8 Å². The van der Waals surface area contributed by atoms with Crippen LogP contribution < -0.4 is 20.3 Å². The molecule has 1 spiro atoms. The molecule has 4 heterocycles. The number of halogens is 5. The summed E-state index contributed by atoms with van der Waals surface area (Å²) in [7, 11) is -10.9. The lowest BCUT2D eigenvalue weighted by molar-refractivity contribution is -0.0435. The highest BCUT2D eigenvalue weighted by molar-refractivity contribution is 7.99. The summed E-state index contributed by atoms with van der Waals surface area (Å²) in [6, 6.07) is 26.1. The van der Waals surface area contributed by atoms with E-state index in [4.69, 9.17) is 16.3 Å². The van der Waals surface area contributed by atoms with E-state index in [0.717, 1.165) is 112 Å². The Morgan fingerprint density at radius 1 is 0.827 bits per heavy atom. The average Bonchev–Trinajstić information content (AvgIpc) is 3.38. The maximum Gasteiger partial charge on any atom is 0.501 e. The molecule has 1 amide bonds. The van der Waals surface area contributed by atoms with Crippen molar-refractivity contribution < 1.29 is 39.5 Å². The van der Waals surface area contributed by atoms with Crippen LogP contribution in [-0.4, -0.2) is 153 Å². The number of allylic oxidation sites excluding steroid dienone is 1. The van der Waals surface area contributed by atoms with Crippen molar-refractivity contribution in [2.75, 3.05) is 114 Å². The van der Waals surface area contributed by atoms with E-state index >= 15 is 0 Å². The van der Waals surface area contributed by atoms with Gasteiger partial charge in [-0.05, 0) is 140 Å². The van der Waals surface area contributed by atoms with Gasteiger partial charge >= 0.3 is 5.51 Å². The molecule has 1 aliphatic carbocycles. The van der Waals surface area contributed by atoms with Gasteiger partial charge in [0.1, 0.15) is 4.90 Å². The summed E-state index contributed by atoms with van der Waals surface area (Å²) >= 11 is 7.77. The number of piperazine rings is 1. The van der Waals surface area contributed by atoms with Gasteiger partial charge in [0.25, 0.3) is 25.8 Å². The van der Waals surface area contributed by atoms with Gasteiger partial charge in [0.2, 0.25) is 0 Å². The predicted molar refractivity (Wildman–Crippen MR) is 294 cm³/mol. The van der Waals surface area contributed by atoms with Crippen LogP contribution in [0.15, 0.2) is 117 Å². The number of ether oxygens (including phenoxy) is 1. The van der Waals surface area contributed by atoms with Crippen molar-refractivity contribution in [3.63, 3.8) is 0 Å². The lowest BCUT2D eigenvalue weighted by Gasteiger charge is -2.50. The fourth-order valence-electron chi connectivity index (χ4n) is 11.1. The Labute approximate surface area is 455 Å². The Hall–Kier alpha value is -3.89. The first kappa shape index (κ1) is 57.3. The average molecular weight is 1140 g/mol. The SMILES string of the molecule is CC1(CN2CCC3(CC2)CNC3)CCC(c2ccc(Cl)cc2)=C(CN2CCN(c3ccc(C(=O)NS(=O)(=O)c4ccc(N[C@H](CCN5CCOCC5)CSc5ccccc5)c(S(=O)(=O)C(F)(F)F)c4)cc3)CC2)C1.Cl. The minimum atomic E-state index is -6.06. The van der Waals surface area contributed by atoms with Crippen molar-refractivity contribution in [2.24, 2.45) is 10.8 Å². The molecule has 4 aliphatic heterocycles. The molecule has 9 rings (SSSR count). The molecule has 3 N–H and O–H groups in total. The lowest BCUT2D eigenvalue weighted by atomic mass is 9.69. The predicted octanol–water partition coefficient (Wildman–Crippen LogP) is 8.92. The van der Waals surface area contributed by atoms with E-state index in [2.05, 4.69) is 49.3 Å². The number of amides is 1. The molecule has 0 saturated carbocycles. The quantitative estimate of drug-likeness (QED) is 0.0818. The first-order valence-corrected chi connectivity index (χ1v) is 29.9. The van der Waals surface area contributed by atoms with Gasteiger partial charge in [-0.1, -0.05) is 54.4 Å². The van der Waals surface area contributed by atoms with Crippen LogP contribution in [0.4, 0.5) is 24.5 Å². The molecule has 13 nitrogen and oxygen atoms in total. The van der Waals surface area contributed by atoms with E-state index in [1.54, 1.807) is 12.1 Å². The number of anilines is 2. The Kier molecular flexibility index (Phi) is 18.7. The normalized spacial score (nSPS) is 21.5. The smallest absolute Gasteiger partial charge is 0.380 e. The first-order valence-electron chi connectivity index (χ1n) is 25.6. The van der Waals surface area contributed by atoms with Crippen molar-refractivity contribution in [1.29, 1.82) is 0 Å². The number of likely N-dealkylation sites (tertiary alicyclic amines) is 1. The molecule has 0 aromatic heterocycles. The van der Waals surface area contributed by atoms with Crippen LogP contribution in [0.3, 0.4) is 0 Å². The largest absolute Gasteiger partial charge is 0.501 e. The minimum Gasteiger partial charge on any atom is -0.380 e. The highest BCUT2D eigenvalue weighted by Crippen LogP contribution is 2.45. The number of nitrogens with one attached hydrogen (secondary N) is 3. The van der Waals surface area contributed by atoms with Gasteiger partial charge in [-0.25, -0.2) is 21.6 Å². The number of hydrogen-bond donors (Lipinski definition) is 3. The van der Waals surface area contributed by atoms with Crippen LogP contribution in [0.25, 0.3) is 5.57 Å². The molecule has 4 aromatic rings. The highest BCUT2D eigenvalue weighted by atomic mass is 35.5. The van der Waals surface area contributed by atoms with E-state index in [-0.39, 0.29) is 23.4 Å². The Morgan fingerprint density at radius 2 is 1.51 bits per heavy atom. The monoisotopic (exact) mass is 1130 g/mol. The standard InChI is InChI=1S/C54H67ClF3N7O6S3.ClH/c1-52(39-64-23-20-53(21-24-64)37-59-38-53)19-17-48(40-7-11-43(55)12-8-40)42(34-52)35-63-25-27-65(28-26-63)45-13-9-41(10-14-45)51(66)61-74(69,70)47-15-16-49(50(33-47)73(67,68)54(56,57)58)60-44(18-22-62-29-31-71-32-30-62)36-72-46-5-3-2-4-6-46;/h2-16,33,44,59-60H,17-32,34-39H2,1H3,(H,61,66);1H/t44-,52?;/m1./s1. The molecule has 4 saturated heterocycles. The molecule has 4 aromatic carbocycles. The Bertz CT molecular complexity index is 2840. The van der Waals surface area contributed by atoms with Crippen LogP contribution in [0.1, 0.15) is 61.4 Å². The van der Waals surface area contributed by atoms with Gasteiger partial charge in [0.15, 0.2) is 0 Å². The van der Waals surface area contributed by atoms with E-state index in [9.17, 15) is 34.8 Å². The summed E-state index contributed by atoms with van der Waals surface area (Å²) in [5, 5.41) is 7.21. The summed E-state index contributed by atoms with van der Waals surface area (Å²) in [6.07, 6.45) is 6.18. The Balaban J connectivity index is 0.00000747. The highest BCUT2D eigenvalue weighted by Gasteiger charge is 2.49. The molecule has 0 radical (unpaired) electrons. The van der Waals surface area contributed by atoms with Crippen LogP contribution in [0.2, 0.25) is 5.02 Å². The van der Waals surface area contributed by atoms with Crippen molar-refractivity contribution in [1.82, 2.24) is 24.7 Å². The third kappa shape index (κ3) is 14.2. The molecular weight excluding hydrogens is 1070 g/mol. The second-order valence-corrected chi connectivity index (χ2v) is 26.1. The van der Waals surface area contributed by atoms with Crippen LogP contribution in [0.5, 0.6) is 0 Å². The molecule has 2 atom stereocenters. The fraction of sp³-hybridized carbons (Fsp3) is 0.500. The van der Waals surface area contributed by atoms with Gasteiger partial charge in [-0.3, -0.25) is 14.6 Å². The van der Waals surface area contributed by atoms with E-state index < -0.39 is 52.8 Å². The van der Waals surface area contributed by atoms with Gasteiger partial charge in [-0.2, -0.15) is 13.2 Å². The van der Waals surface area contributed by atoms with E-state index in [1.807, 2.05) is 47.2 Å². The summed E-state index contributed by atoms with van der Waals surface area (Å²) in [5.74, 6) is -0.651. The number of carbonyl (C=O) groups excluding carboxylic acids is 1. The number of sulfonamides is 1. The van der Waals surface area contributed by atoms with E-state index in [1.165, 1.54) is 53.4 Å². The summed E-state index contributed by atoms with van der Waals surface area (Å²) < 4.78 is 104. The number of benzene rings is 4. The molecule has 4 fully saturated rings. The maximum absolute atomic E-state index is 14.3. The van der Waals surface area contributed by atoms with Crippen LogP contribution in [0, 0.1) is 10.8 Å². The third-order valence-corrected chi connectivity index (χ3v) is 19.9. The van der Waals surface area contributed by atoms with Crippen molar-refractivity contribution in [3.8, 4) is 0 Å². The number of carbonyl (C=O) groups is 1. The molecular formula is C54H68Cl2F3N7O6S3. The summed E-state index contributed by atoms with van der Waals surface area (Å²) in [4.78, 5) is 21.9. The fourth-order valence-corrected chi connectivity index (χ4v) is 14.2. The van der Waals surface area contributed by atoms with Crippen molar-refractivity contribution in [2.45, 2.75) is 71.7 Å². The van der Waals surface area contributed by atoms with E-state index in [0.29, 0.717) is 56.5 Å². The second kappa shape index (κ2) is 24.4. The van der Waals surface area contributed by atoms with Gasteiger partial charge in [0, 0.05) is 105 Å². The minimum absolute atomic E-state index is 0. The van der Waals surface area contributed by atoms with Gasteiger partial charge in [-0.15, -0.1) is 24.2 Å². The number of hydrogen-bond acceptors (Lipinski definition) is 13. The molecule has 1 unspecified atom stereocenters. The molecule has 5 aliphatic rings. The first-order chi connectivity index (χ1) is 35.4. The number of nitrogens with zero attached hydrogens (tertiary/aromatic N) is 4. The second-order valence-electron chi connectivity index (χ2n) is 21.0. The summed E-state index contributed by atoms with van der Waals surface area (Å²) in [5.41, 5.74) is -0.456. The zero-order valence-corrected chi connectivity index (χ0v) is 46.3. The van der Waals surface area contributed by atoms with Crippen molar-refractivity contribution in [3.05, 3.63) is 119 Å². The zero-order valence-electron chi connectivity index (χ0n) is 42.3. The number of sulfone groups is 1. The topological polar surface area (TPSA) is 144 Å². The number of rotatable bonds is 18. The number of thioether (sulfide) groups is 1. The molecule has 408 valence electrons. The third-order valence-electron chi connectivity index (χ3n) is 15.6. The number of morpholine rings is 1. The number of piperidine rings is 1. The number of alkyl halides is 3. The lowest BCUT2D eigenvalue weighted by Crippen LogP contribution is -2.58. The summed E-state index contributed by atoms with van der Waals surface area (Å²) in [6.45, 7) is 15.2. The van der Waals surface area contributed by atoms with Gasteiger partial charge < -0.3 is 25.2 Å². The molecule has 0 bridgehead atoms. The van der Waals surface area contributed by atoms with Crippen molar-refractivity contribution >= 4 is 78.5 Å². The van der Waals surface area contributed by atoms with Crippen LogP contribution in [-0.2, 0) is 24.6 Å². The molecule has 75 heavy (non-hydrogen) atoms. The van der Waals surface area contributed by atoms with Gasteiger partial charge in [0.05, 0.1) is 23.8 Å². The maximum atomic E-state index is 14.3. The molecule has 21 heteroatoms. The zero-order chi connectivity index (χ0) is 52.1. The Morgan fingerprint density at radius 3 is 2.15 bits per heavy atom.